The normalized spacial score (nSPS) is 24.9. The number of rotatable bonds is 4. The van der Waals surface area contributed by atoms with E-state index in [4.69, 9.17) is 0 Å². The van der Waals surface area contributed by atoms with Crippen molar-refractivity contribution in [3.8, 4) is 0 Å². The predicted molar refractivity (Wildman–Crippen MR) is 121 cm³/mol. The minimum atomic E-state index is -0.426. The van der Waals surface area contributed by atoms with Crippen molar-refractivity contribution in [3.63, 3.8) is 0 Å². The average molecular weight is 417 g/mol. The van der Waals surface area contributed by atoms with Gasteiger partial charge in [0.05, 0.1) is 0 Å². The summed E-state index contributed by atoms with van der Waals surface area (Å²) in [5, 5.41) is 3.19. The molecule has 162 valence electrons. The second-order valence-electron chi connectivity index (χ2n) is 9.72. The first kappa shape index (κ1) is 20.3. The summed E-state index contributed by atoms with van der Waals surface area (Å²) in [6, 6.07) is 16.0. The zero-order chi connectivity index (χ0) is 21.4. The third-order valence-corrected chi connectivity index (χ3v) is 7.54. The molecule has 0 bridgehead atoms. The van der Waals surface area contributed by atoms with Gasteiger partial charge in [-0.05, 0) is 61.1 Å². The number of aryl methyl sites for hydroxylation is 1. The van der Waals surface area contributed by atoms with E-state index in [0.29, 0.717) is 6.54 Å². The highest BCUT2D eigenvalue weighted by molar-refractivity contribution is 5.97. The number of hydrogen-bond acceptors (Lipinski definition) is 2. The van der Waals surface area contributed by atoms with Crippen molar-refractivity contribution in [3.05, 3.63) is 70.8 Å². The number of fused-ring (bicyclic) bond motifs is 1. The van der Waals surface area contributed by atoms with E-state index in [-0.39, 0.29) is 29.7 Å². The second kappa shape index (κ2) is 8.49. The fraction of sp³-hybridized carbons (Fsp3) is 0.481. The maximum Gasteiger partial charge on any atom is 0.246 e. The van der Waals surface area contributed by atoms with Gasteiger partial charge in [0.15, 0.2) is 0 Å². The summed E-state index contributed by atoms with van der Waals surface area (Å²) in [6.45, 7) is 2.59. The lowest BCUT2D eigenvalue weighted by molar-refractivity contribution is -0.154. The molecule has 4 nitrogen and oxygen atoms in total. The first-order chi connectivity index (χ1) is 15.1. The molecule has 1 saturated heterocycles. The van der Waals surface area contributed by atoms with E-state index < -0.39 is 6.04 Å². The molecular weight excluding hydrogens is 384 g/mol. The molecule has 1 aliphatic heterocycles. The Morgan fingerprint density at radius 3 is 2.29 bits per heavy atom. The van der Waals surface area contributed by atoms with E-state index in [9.17, 15) is 9.59 Å². The van der Waals surface area contributed by atoms with E-state index in [1.165, 1.54) is 23.1 Å². The van der Waals surface area contributed by atoms with Crippen LogP contribution in [0.15, 0.2) is 48.5 Å². The Balaban J connectivity index is 1.43. The maximum atomic E-state index is 13.9. The van der Waals surface area contributed by atoms with Crippen LogP contribution in [0.5, 0.6) is 0 Å². The van der Waals surface area contributed by atoms with E-state index >= 15 is 0 Å². The van der Waals surface area contributed by atoms with Crippen LogP contribution in [-0.2, 0) is 29.0 Å². The molecule has 0 spiro atoms. The Labute approximate surface area is 185 Å². The average Bonchev–Trinajstić information content (AvgIpc) is 3.21. The highest BCUT2D eigenvalue weighted by Gasteiger charge is 2.47. The van der Waals surface area contributed by atoms with Gasteiger partial charge in [-0.25, -0.2) is 0 Å². The summed E-state index contributed by atoms with van der Waals surface area (Å²) >= 11 is 0. The summed E-state index contributed by atoms with van der Waals surface area (Å²) in [7, 11) is 0. The van der Waals surface area contributed by atoms with Gasteiger partial charge in [-0.2, -0.15) is 0 Å². The summed E-state index contributed by atoms with van der Waals surface area (Å²) in [5.41, 5.74) is 4.92. The highest BCUT2D eigenvalue weighted by Crippen LogP contribution is 2.35. The fourth-order valence-electron chi connectivity index (χ4n) is 6.01. The van der Waals surface area contributed by atoms with E-state index in [0.717, 1.165) is 44.1 Å². The first-order valence-electron chi connectivity index (χ1n) is 11.8. The maximum absolute atomic E-state index is 13.9. The van der Waals surface area contributed by atoms with Gasteiger partial charge >= 0.3 is 0 Å². The molecule has 3 aliphatic rings. The topological polar surface area (TPSA) is 49.4 Å². The van der Waals surface area contributed by atoms with Crippen LogP contribution in [0, 0.1) is 18.8 Å². The smallest absolute Gasteiger partial charge is 0.246 e. The Morgan fingerprint density at radius 2 is 1.61 bits per heavy atom. The largest absolute Gasteiger partial charge is 0.342 e. The third-order valence-electron chi connectivity index (χ3n) is 7.54. The molecule has 4 heteroatoms. The fourth-order valence-corrected chi connectivity index (χ4v) is 6.01. The van der Waals surface area contributed by atoms with Crippen LogP contribution >= 0.6 is 0 Å². The molecule has 5 rings (SSSR count). The Bertz CT molecular complexity index is 954. The number of nitrogens with one attached hydrogen (secondary N) is 1. The van der Waals surface area contributed by atoms with E-state index in [1.54, 1.807) is 0 Å². The quantitative estimate of drug-likeness (QED) is 0.813. The lowest BCUT2D eigenvalue weighted by Crippen LogP contribution is -2.66. The summed E-state index contributed by atoms with van der Waals surface area (Å²) in [4.78, 5) is 29.2. The highest BCUT2D eigenvalue weighted by atomic mass is 16.2. The van der Waals surface area contributed by atoms with Crippen molar-refractivity contribution in [1.82, 2.24) is 10.2 Å². The van der Waals surface area contributed by atoms with Crippen molar-refractivity contribution in [2.45, 2.75) is 70.5 Å². The molecule has 0 radical (unpaired) electrons. The number of piperazine rings is 1. The van der Waals surface area contributed by atoms with Crippen LogP contribution in [0.2, 0.25) is 0 Å². The zero-order valence-corrected chi connectivity index (χ0v) is 18.3. The number of benzene rings is 2. The molecule has 1 saturated carbocycles. The molecule has 2 fully saturated rings. The standard InChI is InChI=1S/C27H32N2O2/c1-18-8-7-9-19(14-18)17-29-25(20-10-3-2-4-11-20)26(30)28-24(27(29)31)23-15-21-12-5-6-13-22(21)16-23/h5-9,12-14,20,23-25H,2-4,10-11,15-17H2,1H3,(H,28,30)/t24-,25-/m1/s1. The molecule has 2 aromatic rings. The van der Waals surface area contributed by atoms with Crippen LogP contribution < -0.4 is 5.32 Å². The molecule has 1 heterocycles. The molecule has 2 aromatic carbocycles. The van der Waals surface area contributed by atoms with Crippen LogP contribution in [0.4, 0.5) is 0 Å². The summed E-state index contributed by atoms with van der Waals surface area (Å²) < 4.78 is 0. The lowest BCUT2D eigenvalue weighted by atomic mass is 9.80. The van der Waals surface area contributed by atoms with Crippen molar-refractivity contribution >= 4 is 11.8 Å². The molecular formula is C27H32N2O2. The molecule has 2 aliphatic carbocycles. The Morgan fingerprint density at radius 1 is 0.903 bits per heavy atom. The number of amides is 2. The van der Waals surface area contributed by atoms with Crippen LogP contribution in [0.3, 0.4) is 0 Å². The number of hydrogen-bond donors (Lipinski definition) is 1. The van der Waals surface area contributed by atoms with Gasteiger partial charge in [0.2, 0.25) is 11.8 Å². The Hall–Kier alpha value is -2.62. The van der Waals surface area contributed by atoms with Gasteiger partial charge in [0.1, 0.15) is 12.1 Å². The molecule has 0 aromatic heterocycles. The van der Waals surface area contributed by atoms with Gasteiger partial charge in [0.25, 0.3) is 0 Å². The Kier molecular flexibility index (Phi) is 5.56. The van der Waals surface area contributed by atoms with Gasteiger partial charge in [-0.15, -0.1) is 0 Å². The SMILES string of the molecule is Cc1cccc(CN2C(=O)[C@@H](C3Cc4ccccc4C3)NC(=O)[C@H]2C2CCCCC2)c1. The van der Waals surface area contributed by atoms with Crippen molar-refractivity contribution in [2.24, 2.45) is 11.8 Å². The van der Waals surface area contributed by atoms with Crippen molar-refractivity contribution in [1.29, 1.82) is 0 Å². The van der Waals surface area contributed by atoms with E-state index in [2.05, 4.69) is 54.7 Å². The number of carbonyl (C=O) groups excluding carboxylic acids is 2. The van der Waals surface area contributed by atoms with Gasteiger partial charge in [0, 0.05) is 6.54 Å². The molecule has 2 atom stereocenters. The first-order valence-corrected chi connectivity index (χ1v) is 11.8. The minimum absolute atomic E-state index is 0.0557. The number of carbonyl (C=O) groups is 2. The minimum Gasteiger partial charge on any atom is -0.342 e. The summed E-state index contributed by atoms with van der Waals surface area (Å²) in [5.74, 6) is 0.569. The summed E-state index contributed by atoms with van der Waals surface area (Å²) in [6.07, 6.45) is 7.34. The van der Waals surface area contributed by atoms with Crippen LogP contribution in [-0.4, -0.2) is 28.8 Å². The van der Waals surface area contributed by atoms with Crippen molar-refractivity contribution < 1.29 is 9.59 Å². The zero-order valence-electron chi connectivity index (χ0n) is 18.3. The molecule has 0 unspecified atom stereocenters. The second-order valence-corrected chi connectivity index (χ2v) is 9.72. The molecule has 2 amide bonds. The van der Waals surface area contributed by atoms with Gasteiger partial charge in [-0.3, -0.25) is 9.59 Å². The van der Waals surface area contributed by atoms with Crippen molar-refractivity contribution in [2.75, 3.05) is 0 Å². The van der Waals surface area contributed by atoms with Crippen LogP contribution in [0.25, 0.3) is 0 Å². The molecule has 31 heavy (non-hydrogen) atoms. The van der Waals surface area contributed by atoms with Crippen LogP contribution in [0.1, 0.15) is 54.4 Å². The lowest BCUT2D eigenvalue weighted by Gasteiger charge is -2.44. The molecule has 1 N–H and O–H groups in total. The van der Waals surface area contributed by atoms with E-state index in [1.807, 2.05) is 11.0 Å². The van der Waals surface area contributed by atoms with Gasteiger partial charge < -0.3 is 10.2 Å². The number of nitrogens with zero attached hydrogens (tertiary/aromatic N) is 1. The third kappa shape index (κ3) is 4.00. The van der Waals surface area contributed by atoms with Gasteiger partial charge in [-0.1, -0.05) is 73.4 Å². The monoisotopic (exact) mass is 416 g/mol. The predicted octanol–water partition coefficient (Wildman–Crippen LogP) is 4.19.